The molecule has 372 valence electrons. The van der Waals surface area contributed by atoms with Crippen molar-refractivity contribution in [2.24, 2.45) is 0 Å². The lowest BCUT2D eigenvalue weighted by molar-refractivity contribution is 0.0516. The lowest BCUT2D eigenvalue weighted by atomic mass is 10.0. The first-order valence-electron chi connectivity index (χ1n) is 23.1. The normalized spacial score (nSPS) is 17.8. The van der Waals surface area contributed by atoms with Gasteiger partial charge in [-0.2, -0.15) is 10.2 Å². The number of fused-ring (bicyclic) bond motifs is 2. The summed E-state index contributed by atoms with van der Waals surface area (Å²) in [4.78, 5) is 28.7. The molecule has 2 aliphatic carbocycles. The summed E-state index contributed by atoms with van der Waals surface area (Å²) >= 11 is 0. The molecule has 2 aromatic carbocycles. The number of aromatic carboxylic acids is 1. The number of carboxylic acids is 1. The number of ether oxygens (including phenoxy) is 3. The Kier molecular flexibility index (Phi) is 14.6. The molecule has 18 nitrogen and oxygen atoms in total. The van der Waals surface area contributed by atoms with Gasteiger partial charge in [-0.15, -0.1) is 0 Å². The standard InChI is InChI=1S/C25H35N3O6S.C23H31N3O6S/c1-5-34-23(30)22-20-10-13-27(16-25(11-12-25)35(31,32)24(2,3)17-29)15-21(20)28(26-22)14-18-6-8-19(33-4)9-7-18;1-22(2,15-27)33(30,31)23(9-10-23)14-25-11-8-18-19(13-25)26(24-20(18)21(28)29)12-16-4-6-17(32-3)7-5-16/h6-9,29H,5,10-17H2,1-4H3;4-7,27H,8-15H2,1-3H3,(H,28,29). The minimum Gasteiger partial charge on any atom is -0.497 e. The van der Waals surface area contributed by atoms with Crippen LogP contribution in [0.15, 0.2) is 48.5 Å². The number of carboxylic acid groups (broad SMARTS) is 1. The number of benzene rings is 2. The van der Waals surface area contributed by atoms with Crippen LogP contribution < -0.4 is 9.47 Å². The Balaban J connectivity index is 0.000000202. The van der Waals surface area contributed by atoms with Crippen molar-refractivity contribution in [3.8, 4) is 11.5 Å². The Morgan fingerprint density at radius 3 is 1.38 bits per heavy atom. The summed E-state index contributed by atoms with van der Waals surface area (Å²) in [6, 6.07) is 15.2. The van der Waals surface area contributed by atoms with Gasteiger partial charge in [0, 0.05) is 50.4 Å². The Labute approximate surface area is 399 Å². The molecule has 4 aromatic rings. The predicted molar refractivity (Wildman–Crippen MR) is 254 cm³/mol. The van der Waals surface area contributed by atoms with Crippen molar-refractivity contribution in [1.29, 1.82) is 0 Å². The van der Waals surface area contributed by atoms with E-state index in [0.29, 0.717) is 96.6 Å². The van der Waals surface area contributed by atoms with Gasteiger partial charge < -0.3 is 29.5 Å². The maximum atomic E-state index is 13.3. The molecule has 0 unspecified atom stereocenters. The molecule has 2 fully saturated rings. The number of carbonyl (C=O) groups is 2. The van der Waals surface area contributed by atoms with Crippen LogP contribution in [0.25, 0.3) is 0 Å². The molecule has 0 atom stereocenters. The maximum absolute atomic E-state index is 13.3. The van der Waals surface area contributed by atoms with Crippen molar-refractivity contribution in [3.63, 3.8) is 0 Å². The van der Waals surface area contributed by atoms with Crippen LogP contribution >= 0.6 is 0 Å². The zero-order valence-electron chi connectivity index (χ0n) is 40.2. The highest BCUT2D eigenvalue weighted by Gasteiger charge is 2.61. The second-order valence-corrected chi connectivity index (χ2v) is 25.7. The molecule has 8 rings (SSSR count). The Morgan fingerprint density at radius 1 is 0.662 bits per heavy atom. The van der Waals surface area contributed by atoms with Crippen molar-refractivity contribution >= 4 is 31.6 Å². The van der Waals surface area contributed by atoms with Crippen LogP contribution in [-0.4, -0.2) is 153 Å². The molecule has 4 heterocycles. The Bertz CT molecular complexity index is 2700. The topological polar surface area (TPSA) is 233 Å². The van der Waals surface area contributed by atoms with E-state index in [1.54, 1.807) is 53.5 Å². The van der Waals surface area contributed by atoms with Gasteiger partial charge in [0.1, 0.15) is 11.5 Å². The van der Waals surface area contributed by atoms with E-state index in [0.717, 1.165) is 45.1 Å². The predicted octanol–water partition coefficient (Wildman–Crippen LogP) is 3.91. The number of carbonyl (C=O) groups excluding carboxylic acids is 1. The van der Waals surface area contributed by atoms with Crippen molar-refractivity contribution in [1.82, 2.24) is 29.4 Å². The van der Waals surface area contributed by atoms with Crippen molar-refractivity contribution in [3.05, 3.63) is 93.6 Å². The second-order valence-electron chi connectivity index (χ2n) is 19.7. The number of aliphatic hydroxyl groups is 2. The van der Waals surface area contributed by atoms with Gasteiger partial charge >= 0.3 is 11.9 Å². The van der Waals surface area contributed by atoms with Crippen LogP contribution in [0.3, 0.4) is 0 Å². The maximum Gasteiger partial charge on any atom is 0.359 e. The SMILES string of the molecule is CCOC(=O)c1nn(Cc2ccc(OC)cc2)c2c1CCN(CC1(S(=O)(=O)C(C)(C)CO)CC1)C2.COc1ccc(Cn2nc(C(=O)O)c3c2CN(CC2(S(=O)(=O)C(C)(C)CO)CC2)CC3)cc1. The van der Waals surface area contributed by atoms with E-state index in [1.807, 2.05) is 53.2 Å². The summed E-state index contributed by atoms with van der Waals surface area (Å²) in [6.07, 6.45) is 3.44. The first-order chi connectivity index (χ1) is 32.1. The van der Waals surface area contributed by atoms with E-state index in [9.17, 15) is 41.7 Å². The van der Waals surface area contributed by atoms with Crippen LogP contribution in [0.2, 0.25) is 0 Å². The summed E-state index contributed by atoms with van der Waals surface area (Å²) in [5.74, 6) is 0.00694. The molecule has 3 N–H and O–H groups in total. The van der Waals surface area contributed by atoms with Gasteiger partial charge in [0.05, 0.1) is 77.5 Å². The van der Waals surface area contributed by atoms with E-state index in [4.69, 9.17) is 14.2 Å². The molecule has 0 radical (unpaired) electrons. The average Bonchev–Trinajstić information content (AvgIpc) is 4.23. The van der Waals surface area contributed by atoms with Gasteiger partial charge in [-0.1, -0.05) is 24.3 Å². The number of aliphatic hydroxyl groups excluding tert-OH is 2. The first-order valence-corrected chi connectivity index (χ1v) is 26.1. The summed E-state index contributed by atoms with van der Waals surface area (Å²) in [6.45, 7) is 11.3. The van der Waals surface area contributed by atoms with Crippen LogP contribution in [-0.2, 0) is 63.4 Å². The van der Waals surface area contributed by atoms with E-state index >= 15 is 0 Å². The minimum atomic E-state index is -3.55. The molecule has 0 amide bonds. The summed E-state index contributed by atoms with van der Waals surface area (Å²) < 4.78 is 68.4. The third-order valence-corrected chi connectivity index (χ3v) is 20.6. The fraction of sp³-hybridized carbons (Fsp3) is 0.583. The van der Waals surface area contributed by atoms with E-state index in [-0.39, 0.29) is 12.3 Å². The number of methoxy groups -OCH3 is 2. The molecule has 2 aromatic heterocycles. The van der Waals surface area contributed by atoms with Gasteiger partial charge in [-0.05, 0) is 109 Å². The number of nitrogens with zero attached hydrogens (tertiary/aromatic N) is 6. The minimum absolute atomic E-state index is 0.0633. The number of hydrogen-bond acceptors (Lipinski definition) is 15. The van der Waals surface area contributed by atoms with Crippen molar-refractivity contribution < 1.29 is 56.0 Å². The fourth-order valence-electron chi connectivity index (χ4n) is 9.40. The highest BCUT2D eigenvalue weighted by atomic mass is 32.2. The van der Waals surface area contributed by atoms with Gasteiger partial charge in [-0.25, -0.2) is 26.4 Å². The molecule has 0 bridgehead atoms. The molecule has 68 heavy (non-hydrogen) atoms. The first kappa shape index (κ1) is 51.0. The number of esters is 1. The van der Waals surface area contributed by atoms with E-state index in [1.165, 1.54) is 0 Å². The Hall–Kier alpha value is -4.86. The van der Waals surface area contributed by atoms with Crippen LogP contribution in [0.4, 0.5) is 0 Å². The molecular formula is C48H66N6O12S2. The summed E-state index contributed by atoms with van der Waals surface area (Å²) in [7, 11) is -3.87. The van der Waals surface area contributed by atoms with Crippen molar-refractivity contribution in [2.45, 2.75) is 118 Å². The van der Waals surface area contributed by atoms with Crippen molar-refractivity contribution in [2.75, 3.05) is 60.2 Å². The van der Waals surface area contributed by atoms with Crippen LogP contribution in [0.5, 0.6) is 11.5 Å². The highest BCUT2D eigenvalue weighted by molar-refractivity contribution is 7.94. The number of rotatable bonds is 19. The molecule has 4 aliphatic rings. The average molecular weight is 983 g/mol. The molecular weight excluding hydrogens is 917 g/mol. The van der Waals surface area contributed by atoms with Gasteiger partial charge in [0.25, 0.3) is 0 Å². The second kappa shape index (κ2) is 19.5. The lowest BCUT2D eigenvalue weighted by Gasteiger charge is -2.34. The molecule has 0 saturated heterocycles. The lowest BCUT2D eigenvalue weighted by Crippen LogP contribution is -2.49. The summed E-state index contributed by atoms with van der Waals surface area (Å²) in [5.41, 5.74) is 5.68. The largest absolute Gasteiger partial charge is 0.497 e. The third kappa shape index (κ3) is 9.81. The highest BCUT2D eigenvalue weighted by Crippen LogP contribution is 2.50. The van der Waals surface area contributed by atoms with Gasteiger partial charge in [-0.3, -0.25) is 19.2 Å². The molecule has 0 spiro atoms. The summed E-state index contributed by atoms with van der Waals surface area (Å²) in [5, 5.41) is 38.0. The van der Waals surface area contributed by atoms with Crippen LogP contribution in [0.1, 0.15) is 115 Å². The molecule has 2 saturated carbocycles. The van der Waals surface area contributed by atoms with Gasteiger partial charge in [0.15, 0.2) is 31.1 Å². The monoisotopic (exact) mass is 982 g/mol. The number of aromatic nitrogens is 4. The fourth-order valence-corrected chi connectivity index (χ4v) is 14.1. The van der Waals surface area contributed by atoms with Crippen LogP contribution in [0, 0.1) is 0 Å². The number of hydrogen-bond donors (Lipinski definition) is 3. The molecule has 20 heteroatoms. The molecule has 2 aliphatic heterocycles. The van der Waals surface area contributed by atoms with E-state index in [2.05, 4.69) is 20.0 Å². The number of sulfone groups is 2. The Morgan fingerprint density at radius 2 is 1.04 bits per heavy atom. The zero-order valence-corrected chi connectivity index (χ0v) is 41.8. The van der Waals surface area contributed by atoms with Gasteiger partial charge in [0.2, 0.25) is 0 Å². The zero-order chi connectivity index (χ0) is 49.5. The van der Waals surface area contributed by atoms with E-state index < -0.39 is 63.8 Å². The third-order valence-electron chi connectivity index (χ3n) is 14.1. The quantitative estimate of drug-likeness (QED) is 0.113. The smallest absolute Gasteiger partial charge is 0.359 e.